The Morgan fingerprint density at radius 3 is 2.56 bits per heavy atom. The minimum Gasteiger partial charge on any atom is -0.384 e. The largest absolute Gasteiger partial charge is 0.416 e. The molecule has 0 bridgehead atoms. The lowest BCUT2D eigenvalue weighted by molar-refractivity contribution is -0.137. The van der Waals surface area contributed by atoms with Crippen molar-refractivity contribution in [3.8, 4) is 0 Å². The molecule has 3 nitrogen and oxygen atoms in total. The number of amides is 1. The number of carbonyl (C=O) groups is 1. The number of aryl methyl sites for hydroxylation is 1. The summed E-state index contributed by atoms with van der Waals surface area (Å²) in [6.45, 7) is 2.00. The lowest BCUT2D eigenvalue weighted by atomic mass is 10.1. The van der Waals surface area contributed by atoms with Crippen LogP contribution in [0, 0.1) is 6.92 Å². The minimum atomic E-state index is -4.36. The Morgan fingerprint density at radius 2 is 2.00 bits per heavy atom. The van der Waals surface area contributed by atoms with E-state index in [0.29, 0.717) is 17.8 Å². The second-order valence-corrected chi connectivity index (χ2v) is 3.88. The third kappa shape index (κ3) is 3.94. The van der Waals surface area contributed by atoms with Crippen LogP contribution < -0.4 is 10.6 Å². The number of rotatable bonds is 4. The van der Waals surface area contributed by atoms with Gasteiger partial charge in [-0.25, -0.2) is 0 Å². The lowest BCUT2D eigenvalue weighted by Crippen LogP contribution is -2.21. The predicted octanol–water partition coefficient (Wildman–Crippen LogP) is 2.56. The molecule has 0 heterocycles. The SMILES string of the molecule is CNC(=O)CCNc1cc(C(F)(F)F)ccc1C. The van der Waals surface area contributed by atoms with Crippen LogP contribution in [-0.4, -0.2) is 19.5 Å². The molecule has 0 aliphatic heterocycles. The highest BCUT2D eigenvalue weighted by atomic mass is 19.4. The molecule has 1 aromatic carbocycles. The molecule has 0 aromatic heterocycles. The molecular formula is C12H15F3N2O. The molecule has 100 valence electrons. The van der Waals surface area contributed by atoms with Crippen molar-refractivity contribution in [2.75, 3.05) is 18.9 Å². The topological polar surface area (TPSA) is 41.1 Å². The van der Waals surface area contributed by atoms with Crippen molar-refractivity contribution in [1.82, 2.24) is 5.32 Å². The van der Waals surface area contributed by atoms with Gasteiger partial charge in [-0.2, -0.15) is 13.2 Å². The summed E-state index contributed by atoms with van der Waals surface area (Å²) in [6.07, 6.45) is -4.14. The molecule has 0 spiro atoms. The molecule has 0 aliphatic carbocycles. The first-order valence-electron chi connectivity index (χ1n) is 5.47. The van der Waals surface area contributed by atoms with E-state index in [4.69, 9.17) is 0 Å². The van der Waals surface area contributed by atoms with Crippen LogP contribution in [0.5, 0.6) is 0 Å². The van der Waals surface area contributed by atoms with E-state index in [2.05, 4.69) is 10.6 Å². The van der Waals surface area contributed by atoms with Crippen molar-refractivity contribution in [3.05, 3.63) is 29.3 Å². The van der Waals surface area contributed by atoms with E-state index >= 15 is 0 Å². The smallest absolute Gasteiger partial charge is 0.384 e. The van der Waals surface area contributed by atoms with E-state index < -0.39 is 11.7 Å². The highest BCUT2D eigenvalue weighted by Crippen LogP contribution is 2.31. The normalized spacial score (nSPS) is 11.2. The van der Waals surface area contributed by atoms with Crippen LogP contribution in [0.4, 0.5) is 18.9 Å². The third-order valence-electron chi connectivity index (χ3n) is 2.51. The van der Waals surface area contributed by atoms with Crippen molar-refractivity contribution in [3.63, 3.8) is 0 Å². The van der Waals surface area contributed by atoms with E-state index in [1.807, 2.05) is 0 Å². The van der Waals surface area contributed by atoms with Gasteiger partial charge in [0.05, 0.1) is 5.56 Å². The number of carbonyl (C=O) groups excluding carboxylic acids is 1. The van der Waals surface area contributed by atoms with Crippen LogP contribution in [0.15, 0.2) is 18.2 Å². The van der Waals surface area contributed by atoms with Gasteiger partial charge < -0.3 is 10.6 Å². The molecule has 0 atom stereocenters. The Balaban J connectivity index is 2.73. The second kappa shape index (κ2) is 5.75. The van der Waals surface area contributed by atoms with Crippen molar-refractivity contribution < 1.29 is 18.0 Å². The summed E-state index contributed by atoms with van der Waals surface area (Å²) >= 11 is 0. The summed E-state index contributed by atoms with van der Waals surface area (Å²) < 4.78 is 37.5. The first-order valence-corrected chi connectivity index (χ1v) is 5.47. The maximum Gasteiger partial charge on any atom is 0.416 e. The number of anilines is 1. The minimum absolute atomic E-state index is 0.160. The quantitative estimate of drug-likeness (QED) is 0.873. The zero-order chi connectivity index (χ0) is 13.8. The Kier molecular flexibility index (Phi) is 4.58. The number of halogens is 3. The molecule has 0 unspecified atom stereocenters. The van der Waals surface area contributed by atoms with E-state index in [9.17, 15) is 18.0 Å². The van der Waals surface area contributed by atoms with Crippen LogP contribution in [0.2, 0.25) is 0 Å². The molecule has 2 N–H and O–H groups in total. The zero-order valence-corrected chi connectivity index (χ0v) is 10.2. The standard InChI is InChI=1S/C12H15F3N2O/c1-8-3-4-9(12(13,14)15)7-10(8)17-6-5-11(18)16-2/h3-4,7,17H,5-6H2,1-2H3,(H,16,18). The molecule has 0 aliphatic rings. The van der Waals surface area contributed by atoms with Crippen molar-refractivity contribution >= 4 is 11.6 Å². The summed E-state index contributed by atoms with van der Waals surface area (Å²) in [5.74, 6) is -0.160. The monoisotopic (exact) mass is 260 g/mol. The van der Waals surface area contributed by atoms with Gasteiger partial charge in [0.2, 0.25) is 5.91 Å². The average molecular weight is 260 g/mol. The molecule has 0 radical (unpaired) electrons. The number of hydrogen-bond acceptors (Lipinski definition) is 2. The number of benzene rings is 1. The maximum atomic E-state index is 12.5. The maximum absolute atomic E-state index is 12.5. The van der Waals surface area contributed by atoms with Crippen LogP contribution in [0.25, 0.3) is 0 Å². The fraction of sp³-hybridized carbons (Fsp3) is 0.417. The van der Waals surface area contributed by atoms with Gasteiger partial charge in [0, 0.05) is 25.7 Å². The summed E-state index contributed by atoms with van der Waals surface area (Å²) in [5.41, 5.74) is 0.407. The number of alkyl halides is 3. The molecule has 18 heavy (non-hydrogen) atoms. The van der Waals surface area contributed by atoms with E-state index in [-0.39, 0.29) is 12.3 Å². The van der Waals surface area contributed by atoms with Gasteiger partial charge in [0.15, 0.2) is 0 Å². The van der Waals surface area contributed by atoms with Crippen molar-refractivity contribution in [1.29, 1.82) is 0 Å². The molecule has 0 saturated carbocycles. The van der Waals surface area contributed by atoms with Crippen LogP contribution in [0.3, 0.4) is 0 Å². The molecule has 1 rings (SSSR count). The van der Waals surface area contributed by atoms with Crippen LogP contribution in [-0.2, 0) is 11.0 Å². The fourth-order valence-corrected chi connectivity index (χ4v) is 1.42. The Labute approximate surface area is 103 Å². The molecular weight excluding hydrogens is 245 g/mol. The van der Waals surface area contributed by atoms with Crippen LogP contribution in [0.1, 0.15) is 17.5 Å². The lowest BCUT2D eigenvalue weighted by Gasteiger charge is -2.13. The van der Waals surface area contributed by atoms with Crippen molar-refractivity contribution in [2.45, 2.75) is 19.5 Å². The summed E-state index contributed by atoms with van der Waals surface area (Å²) in [5, 5.41) is 5.27. The molecule has 1 amide bonds. The summed E-state index contributed by atoms with van der Waals surface area (Å²) in [4.78, 5) is 11.0. The van der Waals surface area contributed by atoms with Gasteiger partial charge in [-0.15, -0.1) is 0 Å². The van der Waals surface area contributed by atoms with Gasteiger partial charge >= 0.3 is 6.18 Å². The Morgan fingerprint density at radius 1 is 1.33 bits per heavy atom. The number of nitrogens with one attached hydrogen (secondary N) is 2. The highest BCUT2D eigenvalue weighted by molar-refractivity contribution is 5.76. The van der Waals surface area contributed by atoms with Gasteiger partial charge in [-0.3, -0.25) is 4.79 Å². The fourth-order valence-electron chi connectivity index (χ4n) is 1.42. The van der Waals surface area contributed by atoms with Gasteiger partial charge in [0.25, 0.3) is 0 Å². The number of hydrogen-bond donors (Lipinski definition) is 2. The summed E-state index contributed by atoms with van der Waals surface area (Å²) in [6, 6.07) is 3.50. The molecule has 1 aromatic rings. The molecule has 0 fully saturated rings. The predicted molar refractivity (Wildman–Crippen MR) is 63.4 cm³/mol. The third-order valence-corrected chi connectivity index (χ3v) is 2.51. The first kappa shape index (κ1) is 14.3. The average Bonchev–Trinajstić information content (AvgIpc) is 2.29. The van der Waals surface area contributed by atoms with Gasteiger partial charge in [-0.1, -0.05) is 6.07 Å². The molecule has 6 heteroatoms. The Hall–Kier alpha value is -1.72. The Bertz CT molecular complexity index is 430. The second-order valence-electron chi connectivity index (χ2n) is 3.88. The van der Waals surface area contributed by atoms with E-state index in [1.54, 1.807) is 6.92 Å². The summed E-state index contributed by atoms with van der Waals surface area (Å²) in [7, 11) is 1.51. The zero-order valence-electron chi connectivity index (χ0n) is 10.2. The van der Waals surface area contributed by atoms with E-state index in [0.717, 1.165) is 12.1 Å². The van der Waals surface area contributed by atoms with E-state index in [1.165, 1.54) is 13.1 Å². The highest BCUT2D eigenvalue weighted by Gasteiger charge is 2.30. The molecule has 0 saturated heterocycles. The van der Waals surface area contributed by atoms with Gasteiger partial charge in [0.1, 0.15) is 0 Å². The van der Waals surface area contributed by atoms with Crippen LogP contribution >= 0.6 is 0 Å². The first-order chi connectivity index (χ1) is 8.34. The van der Waals surface area contributed by atoms with Gasteiger partial charge in [-0.05, 0) is 24.6 Å². The van der Waals surface area contributed by atoms with Crippen molar-refractivity contribution in [2.24, 2.45) is 0 Å².